The van der Waals surface area contributed by atoms with Gasteiger partial charge >= 0.3 is 0 Å². The Balaban J connectivity index is 1.90. The molecule has 3 rings (SSSR count). The largest absolute Gasteiger partial charge is 0.0929 e. The molecule has 2 spiro atoms. The molecule has 0 heterocycles. The maximum Gasteiger partial charge on any atom is 0.0929 e. The highest BCUT2D eigenvalue weighted by Gasteiger charge is 2.83. The molecule has 0 atom stereocenters. The summed E-state index contributed by atoms with van der Waals surface area (Å²) in [5.74, 6) is 0. The van der Waals surface area contributed by atoms with E-state index in [4.69, 9.17) is 0 Å². The fourth-order valence-corrected chi connectivity index (χ4v) is 7.54. The summed E-state index contributed by atoms with van der Waals surface area (Å²) in [5, 5.41) is 0. The van der Waals surface area contributed by atoms with E-state index in [0.29, 0.717) is 14.1 Å². The zero-order valence-corrected chi connectivity index (χ0v) is 12.5. The molecule has 86 valence electrons. The molecule has 3 fully saturated rings. The van der Waals surface area contributed by atoms with Gasteiger partial charge in [0.25, 0.3) is 0 Å². The van der Waals surface area contributed by atoms with E-state index in [1.807, 2.05) is 0 Å². The Morgan fingerprint density at radius 2 is 0.867 bits per heavy atom. The second-order valence-corrected chi connectivity index (χ2v) is 9.30. The van der Waals surface area contributed by atoms with E-state index in [-0.39, 0.29) is 0 Å². The highest BCUT2D eigenvalue weighted by Crippen LogP contribution is 2.87. The van der Waals surface area contributed by atoms with Gasteiger partial charge in [-0.3, -0.25) is 0 Å². The molecule has 2 heteroatoms. The number of hydrogen-bond donors (Lipinski definition) is 0. The highest BCUT2D eigenvalue weighted by atomic mass is 79.9. The second-order valence-electron chi connectivity index (χ2n) is 5.86. The summed E-state index contributed by atoms with van der Waals surface area (Å²) in [4.78, 5) is 0. The molecule has 15 heavy (non-hydrogen) atoms. The van der Waals surface area contributed by atoms with Crippen molar-refractivity contribution in [2.24, 2.45) is 10.8 Å². The number of alkyl halides is 2. The van der Waals surface area contributed by atoms with Crippen molar-refractivity contribution < 1.29 is 0 Å². The van der Waals surface area contributed by atoms with Crippen LogP contribution in [0.3, 0.4) is 0 Å². The fraction of sp³-hybridized carbons (Fsp3) is 1.00. The van der Waals surface area contributed by atoms with Crippen molar-refractivity contribution in [2.75, 3.05) is 0 Å². The Bertz CT molecular complexity index is 232. The van der Waals surface area contributed by atoms with Crippen molar-refractivity contribution in [3.8, 4) is 0 Å². The lowest BCUT2D eigenvalue weighted by molar-refractivity contribution is 0.196. The van der Waals surface area contributed by atoms with Gasteiger partial charge in [-0.2, -0.15) is 0 Å². The van der Waals surface area contributed by atoms with E-state index >= 15 is 0 Å². The van der Waals surface area contributed by atoms with Crippen LogP contribution in [0.1, 0.15) is 64.2 Å². The predicted octanol–water partition coefficient (Wildman–Crippen LogP) is 5.39. The third-order valence-electron chi connectivity index (χ3n) is 5.47. The molecule has 3 aliphatic rings. The summed E-state index contributed by atoms with van der Waals surface area (Å²) >= 11 is 8.08. The Labute approximate surface area is 110 Å². The Hall–Kier alpha value is 0.960. The number of rotatable bonds is 0. The van der Waals surface area contributed by atoms with Gasteiger partial charge < -0.3 is 0 Å². The van der Waals surface area contributed by atoms with Gasteiger partial charge in [0.1, 0.15) is 0 Å². The normalized spacial score (nSPS) is 35.6. The van der Waals surface area contributed by atoms with Crippen molar-refractivity contribution in [3.63, 3.8) is 0 Å². The Morgan fingerprint density at radius 3 is 1.20 bits per heavy atom. The van der Waals surface area contributed by atoms with Gasteiger partial charge in [0, 0.05) is 10.8 Å². The molecule has 0 amide bonds. The number of hydrogen-bond acceptors (Lipinski definition) is 0. The summed E-state index contributed by atoms with van der Waals surface area (Å²) in [5.41, 5.74) is 1.25. The number of halogens is 2. The van der Waals surface area contributed by atoms with Crippen LogP contribution >= 0.6 is 31.9 Å². The average molecular weight is 336 g/mol. The smallest absolute Gasteiger partial charge is 0.0714 e. The zero-order chi connectivity index (χ0) is 10.6. The summed E-state index contributed by atoms with van der Waals surface area (Å²) < 4.78 is 0.306. The van der Waals surface area contributed by atoms with Gasteiger partial charge in [-0.15, -0.1) is 0 Å². The first-order valence-corrected chi connectivity index (χ1v) is 8.13. The lowest BCUT2D eigenvalue weighted by Gasteiger charge is -2.30. The molecule has 0 aromatic heterocycles. The van der Waals surface area contributed by atoms with Crippen molar-refractivity contribution in [2.45, 2.75) is 67.4 Å². The molecule has 0 radical (unpaired) electrons. The first-order valence-electron chi connectivity index (χ1n) is 6.54. The number of fused-ring (bicyclic) bond motifs is 1. The molecule has 0 nitrogen and oxygen atoms in total. The zero-order valence-electron chi connectivity index (χ0n) is 9.33. The molecule has 0 N–H and O–H groups in total. The van der Waals surface area contributed by atoms with E-state index in [1.165, 1.54) is 64.2 Å². The second kappa shape index (κ2) is 3.48. The van der Waals surface area contributed by atoms with Gasteiger partial charge in [0.15, 0.2) is 0 Å². The van der Waals surface area contributed by atoms with Crippen LogP contribution in [-0.2, 0) is 0 Å². The van der Waals surface area contributed by atoms with E-state index in [9.17, 15) is 0 Å². The van der Waals surface area contributed by atoms with Crippen LogP contribution in [0.4, 0.5) is 0 Å². The van der Waals surface area contributed by atoms with Crippen molar-refractivity contribution >= 4 is 31.9 Å². The molecule has 0 saturated heterocycles. The van der Waals surface area contributed by atoms with Crippen molar-refractivity contribution in [3.05, 3.63) is 0 Å². The third kappa shape index (κ3) is 1.19. The molecule has 0 aromatic carbocycles. The van der Waals surface area contributed by atoms with E-state index in [2.05, 4.69) is 31.9 Å². The quantitative estimate of drug-likeness (QED) is 0.521. The van der Waals surface area contributed by atoms with E-state index in [0.717, 1.165) is 0 Å². The minimum Gasteiger partial charge on any atom is -0.0714 e. The highest BCUT2D eigenvalue weighted by molar-refractivity contribution is 9.25. The molecule has 3 aliphatic carbocycles. The maximum absolute atomic E-state index is 4.04. The van der Waals surface area contributed by atoms with Gasteiger partial charge in [-0.05, 0) is 25.7 Å². The van der Waals surface area contributed by atoms with Crippen LogP contribution in [0.5, 0.6) is 0 Å². The van der Waals surface area contributed by atoms with Crippen LogP contribution in [0.25, 0.3) is 0 Å². The van der Waals surface area contributed by atoms with Gasteiger partial charge in [-0.25, -0.2) is 0 Å². The average Bonchev–Trinajstić information content (AvgIpc) is 2.63. The molecule has 3 saturated carbocycles. The van der Waals surface area contributed by atoms with E-state index < -0.39 is 0 Å². The molecule has 0 unspecified atom stereocenters. The van der Waals surface area contributed by atoms with Crippen LogP contribution < -0.4 is 0 Å². The van der Waals surface area contributed by atoms with Gasteiger partial charge in [-0.1, -0.05) is 70.4 Å². The fourth-order valence-electron chi connectivity index (χ4n) is 4.64. The molecular weight excluding hydrogens is 316 g/mol. The van der Waals surface area contributed by atoms with Gasteiger partial charge in [0.2, 0.25) is 0 Å². The topological polar surface area (TPSA) is 0 Å². The van der Waals surface area contributed by atoms with Crippen LogP contribution in [0, 0.1) is 10.8 Å². The monoisotopic (exact) mass is 334 g/mol. The first kappa shape index (κ1) is 11.1. The molecule has 0 aliphatic heterocycles. The van der Waals surface area contributed by atoms with Crippen LogP contribution in [0.2, 0.25) is 0 Å². The lowest BCUT2D eigenvalue weighted by Crippen LogP contribution is -2.20. The minimum atomic E-state index is 0.306. The Kier molecular flexibility index (Phi) is 2.57. The third-order valence-corrected chi connectivity index (χ3v) is 8.51. The molecule has 0 aromatic rings. The molecular formula is C13H20Br2. The van der Waals surface area contributed by atoms with Crippen molar-refractivity contribution in [1.29, 1.82) is 0 Å². The predicted molar refractivity (Wildman–Crippen MR) is 71.6 cm³/mol. The van der Waals surface area contributed by atoms with Crippen LogP contribution in [-0.4, -0.2) is 3.23 Å². The summed E-state index contributed by atoms with van der Waals surface area (Å²) in [6.07, 6.45) is 14.6. The molecule has 0 bridgehead atoms. The van der Waals surface area contributed by atoms with Gasteiger partial charge in [0.05, 0.1) is 3.23 Å². The SMILES string of the molecule is BrC1(Br)C2(CCCCC2)C12CCCCC2. The lowest BCUT2D eigenvalue weighted by atomic mass is 9.73. The standard InChI is InChI=1S/C13H20Br2/c14-13(15)11(7-3-1-4-8-11)12(13)9-5-2-6-10-12/h1-10H2. The minimum absolute atomic E-state index is 0.306. The van der Waals surface area contributed by atoms with E-state index in [1.54, 1.807) is 0 Å². The summed E-state index contributed by atoms with van der Waals surface area (Å²) in [7, 11) is 0. The van der Waals surface area contributed by atoms with Crippen LogP contribution in [0.15, 0.2) is 0 Å². The summed E-state index contributed by atoms with van der Waals surface area (Å²) in [6, 6.07) is 0. The first-order chi connectivity index (χ1) is 7.16. The Morgan fingerprint density at radius 1 is 0.533 bits per heavy atom. The maximum atomic E-state index is 4.04. The summed E-state index contributed by atoms with van der Waals surface area (Å²) in [6.45, 7) is 0. The van der Waals surface area contributed by atoms with Crippen molar-refractivity contribution in [1.82, 2.24) is 0 Å².